The molecule has 0 aliphatic carbocycles. The van der Waals surface area contributed by atoms with Gasteiger partial charge in [-0.2, -0.15) is 13.2 Å². The molecule has 0 radical (unpaired) electrons. The number of alkyl halides is 3. The van der Waals surface area contributed by atoms with Crippen LogP contribution in [0.2, 0.25) is 0 Å². The molecule has 9 heavy (non-hydrogen) atoms. The van der Waals surface area contributed by atoms with Crippen LogP contribution in [0.25, 0.3) is 0 Å². The molecule has 0 spiro atoms. The van der Waals surface area contributed by atoms with Crippen molar-refractivity contribution in [2.75, 3.05) is 0 Å². The van der Waals surface area contributed by atoms with E-state index in [0.717, 1.165) is 0 Å². The van der Waals surface area contributed by atoms with E-state index in [0.29, 0.717) is 0 Å². The minimum atomic E-state index is -4.58. The Kier molecular flexibility index (Phi) is 5.51. The molecule has 50 valence electrons. The van der Waals surface area contributed by atoms with Crippen molar-refractivity contribution in [1.29, 1.82) is 0 Å². The summed E-state index contributed by atoms with van der Waals surface area (Å²) in [5.74, 6) is -1.85. The van der Waals surface area contributed by atoms with E-state index in [1.165, 1.54) is 0 Å². The number of aliphatic carboxylic acids is 1. The van der Waals surface area contributed by atoms with Crippen LogP contribution in [0.1, 0.15) is 7.85 Å². The maximum atomic E-state index is 10.9. The molecule has 0 aromatic rings. The first-order valence-corrected chi connectivity index (χ1v) is 1.70. The normalized spacial score (nSPS) is 10.1. The van der Waals surface area contributed by atoms with Gasteiger partial charge in [-0.15, -0.1) is 0 Å². The van der Waals surface area contributed by atoms with Crippen LogP contribution in [0.5, 0.6) is 0 Å². The average molecular weight is 152 g/mol. The minimum absolute atomic E-state index is 0. The van der Waals surface area contributed by atoms with Crippen molar-refractivity contribution < 1.29 is 54.1 Å². The Bertz CT molecular complexity index is 104. The van der Waals surface area contributed by atoms with Gasteiger partial charge in [0.25, 0.3) is 0 Å². The standard InChI is InChI=1S/C3H3F3O2.Na.H/c4-3(5,6)1-2(7)8;;/h1H2,(H,7,8);;/q;+1;-1. The fraction of sp³-hybridized carbons (Fsp3) is 0.667. The van der Waals surface area contributed by atoms with E-state index in [9.17, 15) is 18.0 Å². The largest absolute Gasteiger partial charge is 1.00 e. The van der Waals surface area contributed by atoms with Crippen LogP contribution < -0.4 is 29.6 Å². The Hall–Kier alpha value is 0.260. The Morgan fingerprint density at radius 1 is 1.56 bits per heavy atom. The second-order valence-electron chi connectivity index (χ2n) is 1.19. The SMILES string of the molecule is O=C(O)CC(F)(F)F.[H-].[Na+]. The van der Waals surface area contributed by atoms with E-state index >= 15 is 0 Å². The quantitative estimate of drug-likeness (QED) is 0.447. The maximum Gasteiger partial charge on any atom is 1.00 e. The monoisotopic (exact) mass is 152 g/mol. The van der Waals surface area contributed by atoms with Gasteiger partial charge in [0.1, 0.15) is 6.42 Å². The van der Waals surface area contributed by atoms with Crippen LogP contribution in [0.15, 0.2) is 0 Å². The zero-order valence-corrected chi connectivity index (χ0v) is 6.70. The summed E-state index contributed by atoms with van der Waals surface area (Å²) in [5.41, 5.74) is 0. The predicted octanol–water partition coefficient (Wildman–Crippen LogP) is -1.86. The van der Waals surface area contributed by atoms with Gasteiger partial charge < -0.3 is 6.53 Å². The molecule has 1 N–H and O–H groups in total. The third kappa shape index (κ3) is 11.7. The van der Waals surface area contributed by atoms with Crippen LogP contribution in [0.4, 0.5) is 13.2 Å². The van der Waals surface area contributed by atoms with Gasteiger partial charge in [-0.3, -0.25) is 4.79 Å². The van der Waals surface area contributed by atoms with Gasteiger partial charge >= 0.3 is 41.7 Å². The Balaban J connectivity index is -0.000000245. The number of carbonyl (C=O) groups is 1. The summed E-state index contributed by atoms with van der Waals surface area (Å²) in [7, 11) is 0. The van der Waals surface area contributed by atoms with E-state index in [2.05, 4.69) is 0 Å². The van der Waals surface area contributed by atoms with Crippen molar-refractivity contribution in [2.24, 2.45) is 0 Å². The van der Waals surface area contributed by atoms with E-state index < -0.39 is 18.6 Å². The second-order valence-corrected chi connectivity index (χ2v) is 1.19. The molecule has 0 unspecified atom stereocenters. The maximum absolute atomic E-state index is 10.9. The summed E-state index contributed by atoms with van der Waals surface area (Å²) >= 11 is 0. The first kappa shape index (κ1) is 12.0. The van der Waals surface area contributed by atoms with E-state index in [-0.39, 0.29) is 31.0 Å². The smallest absolute Gasteiger partial charge is 1.00 e. The van der Waals surface area contributed by atoms with Crippen LogP contribution in [0, 0.1) is 0 Å². The molecule has 0 saturated heterocycles. The number of hydrogen-bond donors (Lipinski definition) is 1. The molecule has 0 amide bonds. The molecule has 0 atom stereocenters. The molecule has 2 nitrogen and oxygen atoms in total. The molecule has 0 aliphatic rings. The summed E-state index contributed by atoms with van der Waals surface area (Å²) in [4.78, 5) is 9.29. The molecule has 0 rings (SSSR count). The number of rotatable bonds is 1. The molecule has 0 fully saturated rings. The molecule has 6 heteroatoms. The zero-order chi connectivity index (χ0) is 6.78. The summed E-state index contributed by atoms with van der Waals surface area (Å²) in [5, 5.41) is 7.53. The van der Waals surface area contributed by atoms with Crippen LogP contribution >= 0.6 is 0 Å². The molecule has 0 heterocycles. The van der Waals surface area contributed by atoms with E-state index in [1.807, 2.05) is 0 Å². The summed E-state index contributed by atoms with van der Waals surface area (Å²) < 4.78 is 32.8. The fourth-order valence-corrected chi connectivity index (χ4v) is 0.171. The fourth-order valence-electron chi connectivity index (χ4n) is 0.171. The van der Waals surface area contributed by atoms with Crippen LogP contribution in [0.3, 0.4) is 0 Å². The molecule has 0 saturated carbocycles. The van der Waals surface area contributed by atoms with Crippen molar-refractivity contribution in [1.82, 2.24) is 0 Å². The number of hydrogen-bond acceptors (Lipinski definition) is 1. The third-order valence-electron chi connectivity index (χ3n) is 0.352. The minimum Gasteiger partial charge on any atom is -1.00 e. The van der Waals surface area contributed by atoms with Gasteiger partial charge in [0, 0.05) is 0 Å². The Labute approximate surface area is 72.8 Å². The summed E-state index contributed by atoms with van der Waals surface area (Å²) in [6.07, 6.45) is -6.33. The van der Waals surface area contributed by atoms with Crippen LogP contribution in [-0.4, -0.2) is 17.3 Å². The van der Waals surface area contributed by atoms with Gasteiger partial charge in [-0.25, -0.2) is 0 Å². The number of halogens is 3. The molecule has 0 aromatic carbocycles. The molecule has 0 aromatic heterocycles. The van der Waals surface area contributed by atoms with E-state index in [1.54, 1.807) is 0 Å². The van der Waals surface area contributed by atoms with Gasteiger partial charge in [0.15, 0.2) is 0 Å². The number of carboxylic acids is 1. The summed E-state index contributed by atoms with van der Waals surface area (Å²) in [6, 6.07) is 0. The van der Waals surface area contributed by atoms with Gasteiger partial charge in [-0.1, -0.05) is 0 Å². The van der Waals surface area contributed by atoms with Gasteiger partial charge in [-0.05, 0) is 0 Å². The van der Waals surface area contributed by atoms with Crippen molar-refractivity contribution in [3.63, 3.8) is 0 Å². The first-order chi connectivity index (χ1) is 3.42. The first-order valence-electron chi connectivity index (χ1n) is 1.70. The predicted molar refractivity (Wildman–Crippen MR) is 19.4 cm³/mol. The number of carboxylic acid groups (broad SMARTS) is 1. The van der Waals surface area contributed by atoms with Crippen molar-refractivity contribution in [3.05, 3.63) is 0 Å². The molecule has 0 aliphatic heterocycles. The zero-order valence-electron chi connectivity index (χ0n) is 5.70. The summed E-state index contributed by atoms with van der Waals surface area (Å²) in [6.45, 7) is 0. The topological polar surface area (TPSA) is 37.3 Å². The average Bonchev–Trinajstić information content (AvgIpc) is 1.21. The second kappa shape index (κ2) is 4.14. The van der Waals surface area contributed by atoms with Gasteiger partial charge in [0.2, 0.25) is 0 Å². The molecular formula is C3H4F3NaO2. The van der Waals surface area contributed by atoms with Crippen molar-refractivity contribution >= 4 is 5.97 Å². The molecular weight excluding hydrogens is 148 g/mol. The third-order valence-corrected chi connectivity index (χ3v) is 0.352. The van der Waals surface area contributed by atoms with Crippen molar-refractivity contribution in [2.45, 2.75) is 12.6 Å². The Morgan fingerprint density at radius 3 is 1.89 bits per heavy atom. The van der Waals surface area contributed by atoms with Crippen LogP contribution in [-0.2, 0) is 4.79 Å². The molecule has 0 bridgehead atoms. The van der Waals surface area contributed by atoms with Crippen molar-refractivity contribution in [3.8, 4) is 0 Å². The Morgan fingerprint density at radius 2 is 1.89 bits per heavy atom. The van der Waals surface area contributed by atoms with Gasteiger partial charge in [0.05, 0.1) is 0 Å². The van der Waals surface area contributed by atoms with E-state index in [4.69, 9.17) is 5.11 Å².